The Balaban J connectivity index is 0.00000200. The van der Waals surface area contributed by atoms with Gasteiger partial charge in [0.1, 0.15) is 0 Å². The second kappa shape index (κ2) is 10.1. The molecule has 0 radical (unpaired) electrons. The van der Waals surface area contributed by atoms with E-state index in [9.17, 15) is 4.79 Å². The molecule has 116 valence electrons. The summed E-state index contributed by atoms with van der Waals surface area (Å²) in [5.41, 5.74) is 0.998. The summed E-state index contributed by atoms with van der Waals surface area (Å²) in [6.45, 7) is 1.18. The molecule has 2 N–H and O–H groups in total. The number of aromatic nitrogens is 3. The maximum atomic E-state index is 11.5. The maximum Gasteiger partial charge on any atom is 0.221 e. The van der Waals surface area contributed by atoms with Crippen molar-refractivity contribution >= 4 is 30.7 Å². The van der Waals surface area contributed by atoms with Gasteiger partial charge in [-0.1, -0.05) is 0 Å². The number of pyridine rings is 1. The van der Waals surface area contributed by atoms with E-state index in [0.717, 1.165) is 11.4 Å². The first-order valence-electron chi connectivity index (χ1n) is 6.16. The first-order valence-corrected chi connectivity index (χ1v) is 6.16. The van der Waals surface area contributed by atoms with E-state index in [2.05, 4.69) is 20.7 Å². The van der Waals surface area contributed by atoms with E-state index in [1.165, 1.54) is 0 Å². The van der Waals surface area contributed by atoms with Crippen molar-refractivity contribution in [1.82, 2.24) is 25.4 Å². The van der Waals surface area contributed by atoms with Crippen molar-refractivity contribution in [2.45, 2.75) is 13.0 Å². The lowest BCUT2D eigenvalue weighted by atomic mass is 10.2. The number of hydrogen-bond donors (Lipinski definition) is 2. The van der Waals surface area contributed by atoms with E-state index in [4.69, 9.17) is 0 Å². The lowest BCUT2D eigenvalue weighted by molar-refractivity contribution is -0.121. The molecule has 0 atom stereocenters. The maximum absolute atomic E-state index is 11.5. The molecule has 2 aromatic rings. The standard InChI is InChI=1S/C13H17N5O.2ClH/c1-14-6-4-13(19)16-10-11-3-7-15-12(9-11)18-8-2-5-17-18;;/h2-3,5,7-9,14H,4,6,10H2,1H3,(H,16,19);2*1H. The first kappa shape index (κ1) is 19.4. The minimum atomic E-state index is 0. The smallest absolute Gasteiger partial charge is 0.221 e. The van der Waals surface area contributed by atoms with Gasteiger partial charge in [-0.15, -0.1) is 24.8 Å². The van der Waals surface area contributed by atoms with Crippen LogP contribution in [-0.2, 0) is 11.3 Å². The predicted octanol–water partition coefficient (Wildman–Crippen LogP) is 1.34. The average Bonchev–Trinajstić information content (AvgIpc) is 2.97. The Morgan fingerprint density at radius 1 is 1.33 bits per heavy atom. The molecule has 0 aromatic carbocycles. The van der Waals surface area contributed by atoms with Crippen LogP contribution in [0.15, 0.2) is 36.8 Å². The second-order valence-electron chi connectivity index (χ2n) is 4.10. The highest BCUT2D eigenvalue weighted by atomic mass is 35.5. The van der Waals surface area contributed by atoms with Crippen LogP contribution in [0, 0.1) is 0 Å². The van der Waals surface area contributed by atoms with E-state index in [1.807, 2.05) is 31.4 Å². The zero-order valence-electron chi connectivity index (χ0n) is 11.7. The quantitative estimate of drug-likeness (QED) is 0.837. The summed E-state index contributed by atoms with van der Waals surface area (Å²) in [6.07, 6.45) is 5.73. The van der Waals surface area contributed by atoms with Gasteiger partial charge in [-0.3, -0.25) is 4.79 Å². The zero-order chi connectivity index (χ0) is 13.5. The molecule has 0 unspecified atom stereocenters. The van der Waals surface area contributed by atoms with E-state index in [-0.39, 0.29) is 30.7 Å². The number of carbonyl (C=O) groups is 1. The SMILES string of the molecule is CNCCC(=O)NCc1ccnc(-n2cccn2)c1.Cl.Cl. The highest BCUT2D eigenvalue weighted by molar-refractivity contribution is 5.85. The highest BCUT2D eigenvalue weighted by Gasteiger charge is 2.03. The van der Waals surface area contributed by atoms with Gasteiger partial charge in [0, 0.05) is 38.1 Å². The van der Waals surface area contributed by atoms with Crippen LogP contribution >= 0.6 is 24.8 Å². The monoisotopic (exact) mass is 331 g/mol. The summed E-state index contributed by atoms with van der Waals surface area (Å²) in [6, 6.07) is 5.63. The molecular weight excluding hydrogens is 313 g/mol. The van der Waals surface area contributed by atoms with Gasteiger partial charge in [0.25, 0.3) is 0 Å². The second-order valence-corrected chi connectivity index (χ2v) is 4.10. The van der Waals surface area contributed by atoms with Crippen LogP contribution in [0.1, 0.15) is 12.0 Å². The van der Waals surface area contributed by atoms with Crippen LogP contribution in [0.2, 0.25) is 0 Å². The molecule has 0 bridgehead atoms. The number of nitrogens with one attached hydrogen (secondary N) is 2. The predicted molar refractivity (Wildman–Crippen MR) is 86.2 cm³/mol. The molecule has 2 aromatic heterocycles. The largest absolute Gasteiger partial charge is 0.352 e. The fourth-order valence-corrected chi connectivity index (χ4v) is 1.63. The number of rotatable bonds is 6. The summed E-state index contributed by atoms with van der Waals surface area (Å²) < 4.78 is 1.69. The fourth-order valence-electron chi connectivity index (χ4n) is 1.63. The molecule has 0 aliphatic rings. The molecule has 0 fully saturated rings. The van der Waals surface area contributed by atoms with Crippen LogP contribution in [0.5, 0.6) is 0 Å². The highest BCUT2D eigenvalue weighted by Crippen LogP contribution is 2.05. The molecule has 2 rings (SSSR count). The lowest BCUT2D eigenvalue weighted by Gasteiger charge is -2.06. The Morgan fingerprint density at radius 3 is 2.81 bits per heavy atom. The third-order valence-corrected chi connectivity index (χ3v) is 2.64. The molecule has 8 heteroatoms. The zero-order valence-corrected chi connectivity index (χ0v) is 13.3. The van der Waals surface area contributed by atoms with E-state index < -0.39 is 0 Å². The van der Waals surface area contributed by atoms with Crippen molar-refractivity contribution in [3.8, 4) is 5.82 Å². The number of amides is 1. The number of hydrogen-bond acceptors (Lipinski definition) is 4. The van der Waals surface area contributed by atoms with E-state index in [1.54, 1.807) is 17.1 Å². The van der Waals surface area contributed by atoms with Crippen molar-refractivity contribution in [2.75, 3.05) is 13.6 Å². The van der Waals surface area contributed by atoms with Gasteiger partial charge in [0.2, 0.25) is 5.91 Å². The van der Waals surface area contributed by atoms with Gasteiger partial charge in [-0.2, -0.15) is 5.10 Å². The van der Waals surface area contributed by atoms with Crippen LogP contribution in [0.3, 0.4) is 0 Å². The molecule has 0 spiro atoms. The summed E-state index contributed by atoms with van der Waals surface area (Å²) in [4.78, 5) is 15.7. The summed E-state index contributed by atoms with van der Waals surface area (Å²) >= 11 is 0. The van der Waals surface area contributed by atoms with Crippen molar-refractivity contribution < 1.29 is 4.79 Å². The average molecular weight is 332 g/mol. The van der Waals surface area contributed by atoms with Gasteiger partial charge in [0.05, 0.1) is 0 Å². The molecule has 21 heavy (non-hydrogen) atoms. The Bertz CT molecular complexity index is 533. The van der Waals surface area contributed by atoms with Gasteiger partial charge in [-0.05, 0) is 30.8 Å². The molecular formula is C13H19Cl2N5O. The Morgan fingerprint density at radius 2 is 2.14 bits per heavy atom. The summed E-state index contributed by atoms with van der Waals surface area (Å²) in [7, 11) is 1.83. The molecule has 0 saturated carbocycles. The topological polar surface area (TPSA) is 71.8 Å². The molecule has 2 heterocycles. The van der Waals surface area contributed by atoms with Crippen LogP contribution < -0.4 is 10.6 Å². The van der Waals surface area contributed by atoms with Gasteiger partial charge >= 0.3 is 0 Å². The molecule has 6 nitrogen and oxygen atoms in total. The van der Waals surface area contributed by atoms with Gasteiger partial charge in [-0.25, -0.2) is 9.67 Å². The summed E-state index contributed by atoms with van der Waals surface area (Å²) in [5, 5.41) is 9.93. The minimum Gasteiger partial charge on any atom is -0.352 e. The molecule has 1 amide bonds. The molecule has 0 aliphatic heterocycles. The van der Waals surface area contributed by atoms with Gasteiger partial charge < -0.3 is 10.6 Å². The van der Waals surface area contributed by atoms with Crippen LogP contribution in [-0.4, -0.2) is 34.3 Å². The van der Waals surface area contributed by atoms with Crippen molar-refractivity contribution in [2.24, 2.45) is 0 Å². The Labute approximate surface area is 136 Å². The Hall–Kier alpha value is -1.63. The van der Waals surface area contributed by atoms with Crippen LogP contribution in [0.25, 0.3) is 5.82 Å². The van der Waals surface area contributed by atoms with Crippen molar-refractivity contribution in [3.63, 3.8) is 0 Å². The molecule has 0 aliphatic carbocycles. The minimum absolute atomic E-state index is 0. The lowest BCUT2D eigenvalue weighted by Crippen LogP contribution is -2.26. The summed E-state index contributed by atoms with van der Waals surface area (Å²) in [5.74, 6) is 0.777. The number of halogens is 2. The normalized spacial score (nSPS) is 9.38. The fraction of sp³-hybridized carbons (Fsp3) is 0.308. The first-order chi connectivity index (χ1) is 9.29. The van der Waals surface area contributed by atoms with Crippen molar-refractivity contribution in [3.05, 3.63) is 42.4 Å². The number of nitrogens with zero attached hydrogens (tertiary/aromatic N) is 3. The molecule has 0 saturated heterocycles. The third-order valence-electron chi connectivity index (χ3n) is 2.64. The third kappa shape index (κ3) is 6.12. The van der Waals surface area contributed by atoms with E-state index in [0.29, 0.717) is 19.5 Å². The van der Waals surface area contributed by atoms with E-state index >= 15 is 0 Å². The number of carbonyl (C=O) groups excluding carboxylic acids is 1. The van der Waals surface area contributed by atoms with Gasteiger partial charge in [0.15, 0.2) is 5.82 Å². The van der Waals surface area contributed by atoms with Crippen molar-refractivity contribution in [1.29, 1.82) is 0 Å². The van der Waals surface area contributed by atoms with Crippen LogP contribution in [0.4, 0.5) is 0 Å². The Kier molecular flexibility index (Phi) is 9.36.